The van der Waals surface area contributed by atoms with Gasteiger partial charge in [0.2, 0.25) is 9.70 Å². The van der Waals surface area contributed by atoms with Crippen LogP contribution < -0.4 is 16.0 Å². The van der Waals surface area contributed by atoms with E-state index in [0.29, 0.717) is 5.82 Å². The van der Waals surface area contributed by atoms with Gasteiger partial charge >= 0.3 is 0 Å². The van der Waals surface area contributed by atoms with Crippen molar-refractivity contribution in [3.63, 3.8) is 0 Å². The summed E-state index contributed by atoms with van der Waals surface area (Å²) in [5, 5.41) is 8.40. The van der Waals surface area contributed by atoms with Crippen molar-refractivity contribution in [2.75, 3.05) is 29.9 Å². The largest absolute Gasteiger partial charge is 0.376 e. The zero-order valence-electron chi connectivity index (χ0n) is 13.6. The van der Waals surface area contributed by atoms with Crippen LogP contribution in [0.4, 0.5) is 5.82 Å². The first-order chi connectivity index (χ1) is 12.3. The van der Waals surface area contributed by atoms with Crippen LogP contribution in [0.25, 0.3) is 0 Å². The first-order valence-electron chi connectivity index (χ1n) is 7.70. The number of thiocarbonyl (C=S) groups is 1. The maximum absolute atomic E-state index is 12.2. The van der Waals surface area contributed by atoms with Crippen LogP contribution >= 0.6 is 58.8 Å². The molecule has 1 aliphatic rings. The van der Waals surface area contributed by atoms with Crippen molar-refractivity contribution >= 4 is 75.6 Å². The fourth-order valence-corrected chi connectivity index (χ4v) is 3.49. The van der Waals surface area contributed by atoms with Gasteiger partial charge in [-0.1, -0.05) is 40.9 Å². The van der Waals surface area contributed by atoms with Crippen molar-refractivity contribution < 1.29 is 4.79 Å². The molecule has 1 atom stereocenters. The predicted molar refractivity (Wildman–Crippen MR) is 114 cm³/mol. The van der Waals surface area contributed by atoms with Crippen molar-refractivity contribution in [3.05, 3.63) is 36.7 Å². The highest BCUT2D eigenvalue weighted by Gasteiger charge is 2.34. The molecule has 1 aromatic heterocycles. The van der Waals surface area contributed by atoms with E-state index in [4.69, 9.17) is 47.0 Å². The summed E-state index contributed by atoms with van der Waals surface area (Å²) in [6.07, 6.45) is 3.75. The molecule has 0 saturated carbocycles. The number of pyridine rings is 1. The van der Waals surface area contributed by atoms with E-state index in [1.807, 2.05) is 11.8 Å². The lowest BCUT2D eigenvalue weighted by atomic mass is 10.4. The van der Waals surface area contributed by atoms with Crippen molar-refractivity contribution in [3.8, 4) is 0 Å². The maximum atomic E-state index is 12.2. The molecule has 11 heteroatoms. The van der Waals surface area contributed by atoms with E-state index in [1.54, 1.807) is 30.6 Å². The fraction of sp³-hybridized carbons (Fsp3) is 0.400. The van der Waals surface area contributed by atoms with Crippen molar-refractivity contribution in [1.29, 1.82) is 0 Å². The molecule has 0 aliphatic carbocycles. The smallest absolute Gasteiger partial charge is 0.247 e. The van der Waals surface area contributed by atoms with E-state index in [1.165, 1.54) is 6.08 Å². The highest BCUT2D eigenvalue weighted by Crippen LogP contribution is 2.29. The minimum absolute atomic E-state index is 0.164. The lowest BCUT2D eigenvalue weighted by Gasteiger charge is -2.27. The number of thioether (sulfide) groups is 1. The summed E-state index contributed by atoms with van der Waals surface area (Å²) in [5.74, 6) is 2.21. The van der Waals surface area contributed by atoms with E-state index in [0.717, 1.165) is 24.6 Å². The number of aromatic nitrogens is 1. The third-order valence-electron chi connectivity index (χ3n) is 3.28. The number of hydrogen-bond acceptors (Lipinski definition) is 5. The summed E-state index contributed by atoms with van der Waals surface area (Å²) in [6, 6.07) is 5.31. The van der Waals surface area contributed by atoms with E-state index in [2.05, 4.69) is 25.8 Å². The highest BCUT2D eigenvalue weighted by molar-refractivity contribution is 7.99. The molecule has 142 valence electrons. The molecule has 0 radical (unpaired) electrons. The van der Waals surface area contributed by atoms with Gasteiger partial charge in [0.05, 0.1) is 0 Å². The lowest BCUT2D eigenvalue weighted by molar-refractivity contribution is -0.117. The zero-order chi connectivity index (χ0) is 19.0. The zero-order valence-corrected chi connectivity index (χ0v) is 17.5. The van der Waals surface area contributed by atoms with Gasteiger partial charge in [-0.25, -0.2) is 4.98 Å². The van der Waals surface area contributed by atoms with E-state index < -0.39 is 15.9 Å². The fourth-order valence-electron chi connectivity index (χ4n) is 2.01. The summed E-state index contributed by atoms with van der Waals surface area (Å²) in [7, 11) is 0. The molecule has 1 aliphatic heterocycles. The number of nitrogens with zero attached hydrogens (tertiary/aromatic N) is 2. The van der Waals surface area contributed by atoms with Crippen LogP contribution in [0.5, 0.6) is 0 Å². The summed E-state index contributed by atoms with van der Waals surface area (Å²) in [6.45, 7) is 1.80. The van der Waals surface area contributed by atoms with E-state index in [-0.39, 0.29) is 5.11 Å². The Kier molecular flexibility index (Phi) is 8.56. The number of anilines is 1. The van der Waals surface area contributed by atoms with Gasteiger partial charge in [0.25, 0.3) is 0 Å². The number of rotatable bonds is 5. The highest BCUT2D eigenvalue weighted by atomic mass is 35.6. The third-order valence-corrected chi connectivity index (χ3v) is 5.10. The summed E-state index contributed by atoms with van der Waals surface area (Å²) in [5.41, 5.74) is 0. The monoisotopic (exact) mass is 453 g/mol. The Morgan fingerprint density at radius 1 is 1.31 bits per heavy atom. The number of hydrogen-bond donors (Lipinski definition) is 3. The molecule has 26 heavy (non-hydrogen) atoms. The second-order valence-corrected chi connectivity index (χ2v) is 9.26. The lowest BCUT2D eigenvalue weighted by Crippen LogP contribution is -2.55. The Bertz CT molecular complexity index is 636. The van der Waals surface area contributed by atoms with Gasteiger partial charge < -0.3 is 20.9 Å². The number of alkyl halides is 3. The van der Waals surface area contributed by atoms with E-state index in [9.17, 15) is 4.79 Å². The Hall–Kier alpha value is -0.930. The van der Waals surface area contributed by atoms with Crippen LogP contribution in [0.3, 0.4) is 0 Å². The Labute approximate surface area is 177 Å². The molecule has 3 N–H and O–H groups in total. The molecule has 1 saturated heterocycles. The summed E-state index contributed by atoms with van der Waals surface area (Å²) in [4.78, 5) is 18.3. The molecule has 0 spiro atoms. The predicted octanol–water partition coefficient (Wildman–Crippen LogP) is 2.74. The van der Waals surface area contributed by atoms with Crippen LogP contribution in [0.2, 0.25) is 0 Å². The Morgan fingerprint density at radius 3 is 2.65 bits per heavy atom. The molecule has 0 bridgehead atoms. The van der Waals surface area contributed by atoms with Gasteiger partial charge in [0.15, 0.2) is 5.11 Å². The molecular weight excluding hydrogens is 437 g/mol. The summed E-state index contributed by atoms with van der Waals surface area (Å²) < 4.78 is -1.80. The average Bonchev–Trinajstić information content (AvgIpc) is 2.60. The number of amides is 1. The van der Waals surface area contributed by atoms with Gasteiger partial charge in [-0.3, -0.25) is 4.79 Å². The number of halogens is 3. The molecule has 1 amide bonds. The van der Waals surface area contributed by atoms with Gasteiger partial charge in [0.1, 0.15) is 12.0 Å². The second kappa shape index (κ2) is 10.4. The van der Waals surface area contributed by atoms with Crippen molar-refractivity contribution in [1.82, 2.24) is 20.5 Å². The second-order valence-electron chi connectivity index (χ2n) is 5.26. The molecule has 1 fully saturated rings. The average molecular weight is 455 g/mol. The minimum Gasteiger partial charge on any atom is -0.376 e. The molecule has 1 aromatic rings. The maximum Gasteiger partial charge on any atom is 0.247 e. The van der Waals surface area contributed by atoms with Crippen LogP contribution in [-0.2, 0) is 4.79 Å². The Balaban J connectivity index is 1.90. The molecule has 0 aromatic carbocycles. The van der Waals surface area contributed by atoms with Crippen molar-refractivity contribution in [2.45, 2.75) is 9.96 Å². The molecule has 1 unspecified atom stereocenters. The van der Waals surface area contributed by atoms with Gasteiger partial charge in [-0.05, 0) is 24.4 Å². The van der Waals surface area contributed by atoms with E-state index >= 15 is 0 Å². The number of carbonyl (C=O) groups is 1. The van der Waals surface area contributed by atoms with Crippen molar-refractivity contribution in [2.24, 2.45) is 0 Å². The number of nitrogens with one attached hydrogen (secondary N) is 3. The van der Waals surface area contributed by atoms with Gasteiger partial charge in [0, 0.05) is 43.1 Å². The Morgan fingerprint density at radius 2 is 2.04 bits per heavy atom. The third kappa shape index (κ3) is 7.75. The first-order valence-corrected chi connectivity index (χ1v) is 10.4. The van der Waals surface area contributed by atoms with Crippen LogP contribution in [0, 0.1) is 0 Å². The normalized spacial score (nSPS) is 16.2. The molecular formula is C15H18Cl3N5OS2. The van der Waals surface area contributed by atoms with Gasteiger partial charge in [-0.15, -0.1) is 0 Å². The number of carbonyl (C=O) groups excluding carboxylic acids is 1. The molecule has 2 rings (SSSR count). The topological polar surface area (TPSA) is 69.3 Å². The van der Waals surface area contributed by atoms with Crippen LogP contribution in [-0.4, -0.2) is 55.5 Å². The first kappa shape index (κ1) is 21.4. The SMILES string of the molecule is O=C(/C=C/N1CCSCC1)NC(NC(=S)Nc1ccccn1)C(Cl)(Cl)Cl. The summed E-state index contributed by atoms with van der Waals surface area (Å²) >= 11 is 24.9. The molecule has 2 heterocycles. The van der Waals surface area contributed by atoms with Crippen LogP contribution in [0.15, 0.2) is 36.7 Å². The quantitative estimate of drug-likeness (QED) is 0.273. The standard InChI is InChI=1S/C15H18Cl3N5OS2/c16-15(17,18)13(22-14(25)20-11-3-1-2-5-19-11)21-12(24)4-6-23-7-9-26-10-8-23/h1-6,13H,7-10H2,(H,21,24)(H2,19,20,22,25)/b6-4+. The molecule has 6 nitrogen and oxygen atoms in total. The van der Waals surface area contributed by atoms with Crippen LogP contribution in [0.1, 0.15) is 0 Å². The van der Waals surface area contributed by atoms with Gasteiger partial charge in [-0.2, -0.15) is 11.8 Å². The minimum atomic E-state index is -1.80.